The fourth-order valence-corrected chi connectivity index (χ4v) is 3.13. The predicted octanol–water partition coefficient (Wildman–Crippen LogP) is 4.77. The molecule has 6 heteroatoms. The molecule has 0 heterocycles. The third kappa shape index (κ3) is 19.2. The SMILES string of the molecule is CCCCCCC(CCC)C(=O)CCOCCOCCOCCOCCC(=O)CC. The van der Waals surface area contributed by atoms with Crippen LogP contribution in [-0.2, 0) is 28.5 Å². The van der Waals surface area contributed by atoms with E-state index in [0.29, 0.717) is 77.9 Å². The largest absolute Gasteiger partial charge is 0.379 e. The Morgan fingerprint density at radius 2 is 1.13 bits per heavy atom. The van der Waals surface area contributed by atoms with Crippen molar-refractivity contribution in [3.05, 3.63) is 0 Å². The Morgan fingerprint density at radius 3 is 1.63 bits per heavy atom. The minimum atomic E-state index is 0.208. The lowest BCUT2D eigenvalue weighted by molar-refractivity contribution is -0.124. The highest BCUT2D eigenvalue weighted by Gasteiger charge is 2.16. The Kier molecular flexibility index (Phi) is 22.2. The molecule has 1 unspecified atom stereocenters. The minimum Gasteiger partial charge on any atom is -0.379 e. The number of hydrogen-bond acceptors (Lipinski definition) is 6. The molecule has 30 heavy (non-hydrogen) atoms. The molecule has 0 fully saturated rings. The standard InChI is InChI=1S/C24H46O6/c1-4-7-8-9-11-22(10-5-2)24(26)13-15-28-17-19-30-21-20-29-18-16-27-14-12-23(25)6-3/h22H,4-21H2,1-3H3. The van der Waals surface area contributed by atoms with Crippen LogP contribution >= 0.6 is 0 Å². The number of carbonyl (C=O) groups is 2. The maximum Gasteiger partial charge on any atom is 0.138 e. The van der Waals surface area contributed by atoms with Crippen molar-refractivity contribution in [2.75, 3.05) is 52.9 Å². The Labute approximate surface area is 184 Å². The van der Waals surface area contributed by atoms with Crippen LogP contribution in [0, 0.1) is 5.92 Å². The highest BCUT2D eigenvalue weighted by molar-refractivity contribution is 5.81. The van der Waals surface area contributed by atoms with Crippen LogP contribution in [0.25, 0.3) is 0 Å². The molecule has 0 aliphatic carbocycles. The molecule has 0 rings (SSSR count). The molecule has 6 nitrogen and oxygen atoms in total. The first-order valence-electron chi connectivity index (χ1n) is 12.0. The maximum atomic E-state index is 12.4. The number of rotatable bonds is 24. The van der Waals surface area contributed by atoms with E-state index < -0.39 is 0 Å². The molecule has 0 amide bonds. The summed E-state index contributed by atoms with van der Waals surface area (Å²) >= 11 is 0. The van der Waals surface area contributed by atoms with E-state index in [-0.39, 0.29) is 11.7 Å². The molecule has 0 aliphatic heterocycles. The summed E-state index contributed by atoms with van der Waals surface area (Å²) in [5.74, 6) is 0.781. The van der Waals surface area contributed by atoms with Crippen LogP contribution in [0.5, 0.6) is 0 Å². The number of ketones is 2. The topological polar surface area (TPSA) is 71.1 Å². The Balaban J connectivity index is 3.46. The predicted molar refractivity (Wildman–Crippen MR) is 120 cm³/mol. The lowest BCUT2D eigenvalue weighted by Crippen LogP contribution is -2.17. The molecular weight excluding hydrogens is 384 g/mol. The molecule has 1 atom stereocenters. The molecule has 0 radical (unpaired) electrons. The molecule has 0 bridgehead atoms. The normalized spacial score (nSPS) is 12.2. The van der Waals surface area contributed by atoms with Crippen LogP contribution in [0.4, 0.5) is 0 Å². The lowest BCUT2D eigenvalue weighted by atomic mass is 9.91. The second-order valence-electron chi connectivity index (χ2n) is 7.64. The van der Waals surface area contributed by atoms with E-state index in [2.05, 4.69) is 13.8 Å². The monoisotopic (exact) mass is 430 g/mol. The van der Waals surface area contributed by atoms with Crippen molar-refractivity contribution >= 4 is 11.6 Å². The summed E-state index contributed by atoms with van der Waals surface area (Å²) in [6.07, 6.45) is 9.51. The van der Waals surface area contributed by atoms with Gasteiger partial charge in [-0.25, -0.2) is 0 Å². The summed E-state index contributed by atoms with van der Waals surface area (Å²) in [5.41, 5.74) is 0. The third-order valence-corrected chi connectivity index (χ3v) is 5.03. The second-order valence-corrected chi connectivity index (χ2v) is 7.64. The Bertz CT molecular complexity index is 399. The van der Waals surface area contributed by atoms with Crippen LogP contribution in [0.3, 0.4) is 0 Å². The summed E-state index contributed by atoms with van der Waals surface area (Å²) in [6.45, 7) is 10.2. The van der Waals surface area contributed by atoms with Gasteiger partial charge in [-0.05, 0) is 12.8 Å². The summed E-state index contributed by atoms with van der Waals surface area (Å²) in [4.78, 5) is 23.5. The van der Waals surface area contributed by atoms with Crippen molar-refractivity contribution in [1.82, 2.24) is 0 Å². The summed E-state index contributed by atoms with van der Waals surface area (Å²) in [7, 11) is 0. The molecule has 178 valence electrons. The van der Waals surface area contributed by atoms with Crippen LogP contribution in [-0.4, -0.2) is 64.4 Å². The highest BCUT2D eigenvalue weighted by atomic mass is 16.6. The van der Waals surface area contributed by atoms with Crippen molar-refractivity contribution in [2.45, 2.75) is 85.0 Å². The number of ether oxygens (including phenoxy) is 4. The summed E-state index contributed by atoms with van der Waals surface area (Å²) in [5, 5.41) is 0. The van der Waals surface area contributed by atoms with E-state index >= 15 is 0 Å². The van der Waals surface area contributed by atoms with Gasteiger partial charge in [-0.2, -0.15) is 0 Å². The van der Waals surface area contributed by atoms with Gasteiger partial charge in [-0.3, -0.25) is 9.59 Å². The van der Waals surface area contributed by atoms with Crippen molar-refractivity contribution in [2.24, 2.45) is 5.92 Å². The molecule has 0 aliphatic rings. The van der Waals surface area contributed by atoms with E-state index in [1.165, 1.54) is 19.3 Å². The van der Waals surface area contributed by atoms with Gasteiger partial charge in [0.05, 0.1) is 52.9 Å². The smallest absolute Gasteiger partial charge is 0.138 e. The molecule has 0 spiro atoms. The van der Waals surface area contributed by atoms with Crippen LogP contribution in [0.1, 0.15) is 85.0 Å². The van der Waals surface area contributed by atoms with Crippen molar-refractivity contribution in [3.63, 3.8) is 0 Å². The van der Waals surface area contributed by atoms with Gasteiger partial charge in [0, 0.05) is 25.2 Å². The van der Waals surface area contributed by atoms with Crippen LogP contribution in [0.15, 0.2) is 0 Å². The molecule has 0 aromatic rings. The van der Waals surface area contributed by atoms with E-state index in [1.807, 2.05) is 6.92 Å². The van der Waals surface area contributed by atoms with Gasteiger partial charge >= 0.3 is 0 Å². The molecular formula is C24H46O6. The Morgan fingerprint density at radius 1 is 0.600 bits per heavy atom. The quantitative estimate of drug-likeness (QED) is 0.205. The Hall–Kier alpha value is -0.820. The van der Waals surface area contributed by atoms with Gasteiger partial charge in [-0.15, -0.1) is 0 Å². The second kappa shape index (κ2) is 22.9. The fourth-order valence-electron chi connectivity index (χ4n) is 3.13. The first-order valence-corrected chi connectivity index (χ1v) is 12.0. The molecule has 0 saturated heterocycles. The van der Waals surface area contributed by atoms with Crippen molar-refractivity contribution < 1.29 is 28.5 Å². The van der Waals surface area contributed by atoms with Crippen LogP contribution in [0.2, 0.25) is 0 Å². The number of unbranched alkanes of at least 4 members (excludes halogenated alkanes) is 3. The van der Waals surface area contributed by atoms with Gasteiger partial charge in [0.25, 0.3) is 0 Å². The maximum absolute atomic E-state index is 12.4. The van der Waals surface area contributed by atoms with E-state index in [9.17, 15) is 9.59 Å². The zero-order chi connectivity index (χ0) is 22.3. The van der Waals surface area contributed by atoms with Gasteiger partial charge in [-0.1, -0.05) is 52.9 Å². The number of carbonyl (C=O) groups excluding carboxylic acids is 2. The van der Waals surface area contributed by atoms with Gasteiger partial charge in [0.2, 0.25) is 0 Å². The van der Waals surface area contributed by atoms with Crippen LogP contribution < -0.4 is 0 Å². The summed E-state index contributed by atoms with van der Waals surface area (Å²) < 4.78 is 21.7. The third-order valence-electron chi connectivity index (χ3n) is 5.03. The van der Waals surface area contributed by atoms with Crippen molar-refractivity contribution in [1.29, 1.82) is 0 Å². The van der Waals surface area contributed by atoms with E-state index in [4.69, 9.17) is 18.9 Å². The van der Waals surface area contributed by atoms with E-state index in [0.717, 1.165) is 25.7 Å². The van der Waals surface area contributed by atoms with Gasteiger partial charge in [0.15, 0.2) is 0 Å². The highest BCUT2D eigenvalue weighted by Crippen LogP contribution is 2.18. The lowest BCUT2D eigenvalue weighted by Gasteiger charge is -2.15. The molecule has 0 aromatic carbocycles. The fraction of sp³-hybridized carbons (Fsp3) is 0.917. The minimum absolute atomic E-state index is 0.208. The number of Topliss-reactive ketones (excluding diaryl/α,β-unsaturated/α-hetero) is 2. The zero-order valence-electron chi connectivity index (χ0n) is 19.8. The average Bonchev–Trinajstić information content (AvgIpc) is 2.75. The first-order chi connectivity index (χ1) is 14.7. The molecule has 0 N–H and O–H groups in total. The molecule has 0 saturated carbocycles. The van der Waals surface area contributed by atoms with Gasteiger partial charge < -0.3 is 18.9 Å². The summed E-state index contributed by atoms with van der Waals surface area (Å²) in [6, 6.07) is 0. The van der Waals surface area contributed by atoms with Crippen molar-refractivity contribution in [3.8, 4) is 0 Å². The zero-order valence-corrected chi connectivity index (χ0v) is 19.8. The molecule has 0 aromatic heterocycles. The first kappa shape index (κ1) is 29.2. The van der Waals surface area contributed by atoms with Gasteiger partial charge in [0.1, 0.15) is 11.6 Å². The van der Waals surface area contributed by atoms with E-state index in [1.54, 1.807) is 0 Å². The number of hydrogen-bond donors (Lipinski definition) is 0. The average molecular weight is 431 g/mol.